The van der Waals surface area contributed by atoms with Crippen molar-refractivity contribution in [3.8, 4) is 0 Å². The molecule has 1 atom stereocenters. The first-order chi connectivity index (χ1) is 13.0. The highest BCUT2D eigenvalue weighted by Crippen LogP contribution is 2.29. The second kappa shape index (κ2) is 7.59. The Labute approximate surface area is 162 Å². The monoisotopic (exact) mass is 403 g/mol. The third-order valence-corrected chi connectivity index (χ3v) is 7.37. The van der Waals surface area contributed by atoms with Gasteiger partial charge in [-0.25, -0.2) is 13.1 Å². The Kier molecular flexibility index (Phi) is 5.19. The summed E-state index contributed by atoms with van der Waals surface area (Å²) in [5.74, 6) is 0.470. The average molecular weight is 404 g/mol. The van der Waals surface area contributed by atoms with E-state index in [4.69, 9.17) is 4.42 Å². The second-order valence-electron chi connectivity index (χ2n) is 6.68. The van der Waals surface area contributed by atoms with Crippen molar-refractivity contribution in [3.05, 3.63) is 75.4 Å². The number of sulfonamides is 1. The Morgan fingerprint density at radius 3 is 2.70 bits per heavy atom. The van der Waals surface area contributed by atoms with Crippen molar-refractivity contribution in [1.29, 1.82) is 0 Å². The van der Waals surface area contributed by atoms with E-state index >= 15 is 0 Å². The SMILES string of the molecule is O=S(=O)(NCc1ccc(C(O)c2ccco2)s1)c1ccc2c(c1)CCCC2. The number of aliphatic hydroxyl groups excluding tert-OH is 1. The van der Waals surface area contributed by atoms with Crippen molar-refractivity contribution in [2.24, 2.45) is 0 Å². The molecule has 1 aromatic carbocycles. The van der Waals surface area contributed by atoms with Gasteiger partial charge in [0.05, 0.1) is 11.2 Å². The molecule has 0 radical (unpaired) electrons. The molecule has 1 unspecified atom stereocenters. The van der Waals surface area contributed by atoms with E-state index in [1.807, 2.05) is 12.1 Å². The van der Waals surface area contributed by atoms with Crippen LogP contribution in [-0.2, 0) is 29.4 Å². The van der Waals surface area contributed by atoms with Crippen molar-refractivity contribution >= 4 is 21.4 Å². The summed E-state index contributed by atoms with van der Waals surface area (Å²) in [7, 11) is -3.57. The molecular weight excluding hydrogens is 382 g/mol. The molecule has 0 bridgehead atoms. The van der Waals surface area contributed by atoms with Gasteiger partial charge in [-0.2, -0.15) is 0 Å². The zero-order valence-corrected chi connectivity index (χ0v) is 16.4. The normalized spacial score (nSPS) is 15.4. The fraction of sp³-hybridized carbons (Fsp3) is 0.300. The fourth-order valence-electron chi connectivity index (χ4n) is 3.35. The molecule has 0 saturated carbocycles. The van der Waals surface area contributed by atoms with Crippen LogP contribution in [0, 0.1) is 0 Å². The van der Waals surface area contributed by atoms with Crippen LogP contribution in [0.3, 0.4) is 0 Å². The van der Waals surface area contributed by atoms with Gasteiger partial charge in [0, 0.05) is 16.3 Å². The van der Waals surface area contributed by atoms with Crippen LogP contribution in [0.5, 0.6) is 0 Å². The highest BCUT2D eigenvalue weighted by Gasteiger charge is 2.19. The van der Waals surface area contributed by atoms with Crippen molar-refractivity contribution in [2.45, 2.75) is 43.2 Å². The summed E-state index contributed by atoms with van der Waals surface area (Å²) < 4.78 is 33.2. The predicted octanol–water partition coefficient (Wildman–Crippen LogP) is 3.78. The highest BCUT2D eigenvalue weighted by molar-refractivity contribution is 7.89. The Morgan fingerprint density at radius 1 is 1.11 bits per heavy atom. The Balaban J connectivity index is 1.45. The molecule has 5 nitrogen and oxygen atoms in total. The van der Waals surface area contributed by atoms with Gasteiger partial charge in [-0.1, -0.05) is 6.07 Å². The number of thiophene rings is 1. The Bertz CT molecular complexity index is 1020. The fourth-order valence-corrected chi connectivity index (χ4v) is 5.45. The number of aliphatic hydroxyl groups is 1. The predicted molar refractivity (Wildman–Crippen MR) is 104 cm³/mol. The zero-order chi connectivity index (χ0) is 18.9. The quantitative estimate of drug-likeness (QED) is 0.656. The molecule has 1 aliphatic rings. The summed E-state index contributed by atoms with van der Waals surface area (Å²) in [6.45, 7) is 0.189. The van der Waals surface area contributed by atoms with E-state index in [0.717, 1.165) is 29.7 Å². The van der Waals surface area contributed by atoms with Crippen molar-refractivity contribution < 1.29 is 17.9 Å². The summed E-state index contributed by atoms with van der Waals surface area (Å²) in [4.78, 5) is 1.86. The summed E-state index contributed by atoms with van der Waals surface area (Å²) in [6.07, 6.45) is 4.93. The van der Waals surface area contributed by atoms with E-state index < -0.39 is 16.1 Å². The molecule has 0 amide bonds. The maximum atomic E-state index is 12.6. The van der Waals surface area contributed by atoms with E-state index in [-0.39, 0.29) is 6.54 Å². The van der Waals surface area contributed by atoms with Crippen LogP contribution in [0.15, 0.2) is 58.0 Å². The molecule has 0 aliphatic heterocycles. The molecule has 7 heteroatoms. The van der Waals surface area contributed by atoms with E-state index in [2.05, 4.69) is 4.72 Å². The molecule has 0 saturated heterocycles. The number of aryl methyl sites for hydroxylation is 2. The maximum Gasteiger partial charge on any atom is 0.240 e. The summed E-state index contributed by atoms with van der Waals surface area (Å²) in [5, 5.41) is 10.3. The van der Waals surface area contributed by atoms with Crippen LogP contribution in [0.1, 0.15) is 45.6 Å². The summed E-state index contributed by atoms with van der Waals surface area (Å²) in [5.41, 5.74) is 2.40. The van der Waals surface area contributed by atoms with Gasteiger partial charge in [0.15, 0.2) is 0 Å². The van der Waals surface area contributed by atoms with Crippen LogP contribution < -0.4 is 4.72 Å². The first-order valence-corrected chi connectivity index (χ1v) is 11.2. The summed E-state index contributed by atoms with van der Waals surface area (Å²) >= 11 is 1.36. The number of nitrogens with one attached hydrogen (secondary N) is 1. The van der Waals surface area contributed by atoms with E-state index in [0.29, 0.717) is 15.5 Å². The highest BCUT2D eigenvalue weighted by atomic mass is 32.2. The number of furan rings is 1. The Hall–Kier alpha value is -1.93. The van der Waals surface area contributed by atoms with Gasteiger partial charge in [0.2, 0.25) is 10.0 Å². The first-order valence-electron chi connectivity index (χ1n) is 8.94. The van der Waals surface area contributed by atoms with Gasteiger partial charge in [-0.05, 0) is 73.2 Å². The van der Waals surface area contributed by atoms with Gasteiger partial charge in [-0.15, -0.1) is 11.3 Å². The molecule has 2 aromatic heterocycles. The Morgan fingerprint density at radius 2 is 1.93 bits per heavy atom. The average Bonchev–Trinajstić information content (AvgIpc) is 3.37. The number of hydrogen-bond donors (Lipinski definition) is 2. The van der Waals surface area contributed by atoms with Gasteiger partial charge in [0.25, 0.3) is 0 Å². The number of fused-ring (bicyclic) bond motifs is 1. The minimum Gasteiger partial charge on any atom is -0.466 e. The standard InChI is InChI=1S/C20H21NO4S2/c22-20(18-6-3-11-25-18)19-10-8-16(26-19)13-21-27(23,24)17-9-7-14-4-1-2-5-15(14)12-17/h3,6-12,20-22H,1-2,4-5,13H2. The minimum atomic E-state index is -3.57. The molecule has 27 heavy (non-hydrogen) atoms. The van der Waals surface area contributed by atoms with E-state index in [1.165, 1.54) is 29.6 Å². The molecule has 0 fully saturated rings. The van der Waals surface area contributed by atoms with Crippen LogP contribution >= 0.6 is 11.3 Å². The molecule has 142 valence electrons. The molecule has 4 rings (SSSR count). The second-order valence-corrected chi connectivity index (χ2v) is 9.65. The molecule has 2 N–H and O–H groups in total. The number of hydrogen-bond acceptors (Lipinski definition) is 5. The van der Waals surface area contributed by atoms with Crippen molar-refractivity contribution in [3.63, 3.8) is 0 Å². The smallest absolute Gasteiger partial charge is 0.240 e. The van der Waals surface area contributed by atoms with Gasteiger partial charge >= 0.3 is 0 Å². The van der Waals surface area contributed by atoms with E-state index in [1.54, 1.807) is 30.3 Å². The summed E-state index contributed by atoms with van der Waals surface area (Å²) in [6, 6.07) is 12.5. The lowest BCUT2D eigenvalue weighted by atomic mass is 9.92. The molecule has 2 heterocycles. The lowest BCUT2D eigenvalue weighted by Crippen LogP contribution is -2.23. The van der Waals surface area contributed by atoms with Gasteiger partial charge in [-0.3, -0.25) is 0 Å². The van der Waals surface area contributed by atoms with Crippen LogP contribution in [0.4, 0.5) is 0 Å². The van der Waals surface area contributed by atoms with Crippen LogP contribution in [-0.4, -0.2) is 13.5 Å². The number of rotatable bonds is 6. The molecule has 0 spiro atoms. The minimum absolute atomic E-state index is 0.189. The molecule has 1 aliphatic carbocycles. The molecule has 3 aromatic rings. The van der Waals surface area contributed by atoms with Gasteiger partial charge in [0.1, 0.15) is 11.9 Å². The van der Waals surface area contributed by atoms with Crippen LogP contribution in [0.2, 0.25) is 0 Å². The zero-order valence-electron chi connectivity index (χ0n) is 14.7. The van der Waals surface area contributed by atoms with Crippen LogP contribution in [0.25, 0.3) is 0 Å². The lowest BCUT2D eigenvalue weighted by Gasteiger charge is -2.16. The maximum absolute atomic E-state index is 12.6. The van der Waals surface area contributed by atoms with Crippen molar-refractivity contribution in [2.75, 3.05) is 0 Å². The topological polar surface area (TPSA) is 79.5 Å². The first kappa shape index (κ1) is 18.4. The van der Waals surface area contributed by atoms with Crippen molar-refractivity contribution in [1.82, 2.24) is 4.72 Å². The van der Waals surface area contributed by atoms with Gasteiger partial charge < -0.3 is 9.52 Å². The van der Waals surface area contributed by atoms with E-state index in [9.17, 15) is 13.5 Å². The largest absolute Gasteiger partial charge is 0.466 e. The third-order valence-electron chi connectivity index (χ3n) is 4.83. The lowest BCUT2D eigenvalue weighted by molar-refractivity contribution is 0.193. The number of benzene rings is 1. The third kappa shape index (κ3) is 4.01. The molecular formula is C20H21NO4S2.